The summed E-state index contributed by atoms with van der Waals surface area (Å²) in [6.07, 6.45) is 20.4. The summed E-state index contributed by atoms with van der Waals surface area (Å²) in [7, 11) is -4.36. The molecule has 8 fully saturated rings. The monoisotopic (exact) mass is 728 g/mol. The van der Waals surface area contributed by atoms with Gasteiger partial charge in [0.1, 0.15) is 5.75 Å². The maximum atomic E-state index is 14.7. The number of esters is 1. The second kappa shape index (κ2) is 11.1. The van der Waals surface area contributed by atoms with E-state index in [2.05, 4.69) is 36.4 Å². The summed E-state index contributed by atoms with van der Waals surface area (Å²) in [5.41, 5.74) is 10.7. The zero-order valence-electron chi connectivity index (χ0n) is 30.8. The Labute approximate surface area is 314 Å². The molecular weight excluding hydrogens is 677 g/mol. The van der Waals surface area contributed by atoms with Gasteiger partial charge in [0.25, 0.3) is 10.1 Å². The van der Waals surface area contributed by atoms with Crippen LogP contribution in [0, 0.1) is 41.4 Å². The molecule has 6 heteroatoms. The van der Waals surface area contributed by atoms with Gasteiger partial charge < -0.3 is 4.74 Å². The van der Waals surface area contributed by atoms with E-state index in [1.54, 1.807) is 11.6 Å². The topological polar surface area (TPSA) is 80.7 Å². The molecule has 276 valence electrons. The molecule has 53 heavy (non-hydrogen) atoms. The molecule has 15 rings (SSSR count). The van der Waals surface area contributed by atoms with Crippen molar-refractivity contribution in [1.29, 1.82) is 0 Å². The summed E-state index contributed by atoms with van der Waals surface area (Å²) in [5, 5.41) is 0. The minimum Gasteiger partial charge on any atom is -0.426 e. The molecule has 8 saturated carbocycles. The Kier molecular flexibility index (Phi) is 6.76. The number of hydrogen-bond acceptors (Lipinski definition) is 4. The molecule has 12 aliphatic carbocycles. The van der Waals surface area contributed by atoms with E-state index in [-0.39, 0.29) is 34.0 Å². The van der Waals surface area contributed by atoms with Gasteiger partial charge in [-0.05, 0) is 212 Å². The molecule has 3 atom stereocenters. The summed E-state index contributed by atoms with van der Waals surface area (Å²) in [6, 6.07) is 18.1. The molecule has 0 radical (unpaired) electrons. The van der Waals surface area contributed by atoms with Gasteiger partial charge >= 0.3 is 5.97 Å². The summed E-state index contributed by atoms with van der Waals surface area (Å²) in [5.74, 6) is 5.39. The van der Waals surface area contributed by atoms with Gasteiger partial charge in [-0.2, -0.15) is 8.42 Å². The highest BCUT2D eigenvalue weighted by Gasteiger charge is 2.55. The summed E-state index contributed by atoms with van der Waals surface area (Å²) in [4.78, 5) is 14.6. The Morgan fingerprint density at radius 1 is 0.604 bits per heavy atom. The normalized spacial score (nSPS) is 39.5. The Morgan fingerprint density at radius 2 is 1.11 bits per heavy atom. The molecule has 3 unspecified atom stereocenters. The summed E-state index contributed by atoms with van der Waals surface area (Å²) < 4.78 is 41.0. The SMILES string of the molecule is O=C(Oc1ccc(S(=O)(=O)O)c2c1CCCC2)C1CC2c3cc(C45CC6CC(CC(C6)C4)C5)ccc3C1c1cc(C34CC5CC(CC(C5)C3)C4)ccc12. The van der Waals surface area contributed by atoms with Gasteiger partial charge in [-0.1, -0.05) is 36.4 Å². The van der Waals surface area contributed by atoms with Crippen LogP contribution in [0.3, 0.4) is 0 Å². The van der Waals surface area contributed by atoms with E-state index in [0.29, 0.717) is 29.6 Å². The first kappa shape index (κ1) is 32.3. The highest BCUT2D eigenvalue weighted by molar-refractivity contribution is 7.85. The van der Waals surface area contributed by atoms with Crippen LogP contribution in [0.2, 0.25) is 0 Å². The molecule has 5 nitrogen and oxygen atoms in total. The van der Waals surface area contributed by atoms with Crippen molar-refractivity contribution in [2.45, 2.75) is 137 Å². The second-order valence-electron chi connectivity index (χ2n) is 20.1. The van der Waals surface area contributed by atoms with Crippen LogP contribution in [0.15, 0.2) is 53.4 Å². The lowest BCUT2D eigenvalue weighted by molar-refractivity contribution is -0.140. The van der Waals surface area contributed by atoms with Gasteiger partial charge in [-0.15, -0.1) is 0 Å². The van der Waals surface area contributed by atoms with Crippen molar-refractivity contribution in [3.8, 4) is 5.75 Å². The third-order valence-corrected chi connectivity index (χ3v) is 18.0. The molecule has 3 aromatic carbocycles. The third kappa shape index (κ3) is 4.76. The largest absolute Gasteiger partial charge is 0.426 e. The van der Waals surface area contributed by atoms with Gasteiger partial charge in [0.2, 0.25) is 0 Å². The number of rotatable bonds is 5. The molecule has 0 aliphatic heterocycles. The molecular formula is C47H52O5S. The molecule has 0 heterocycles. The van der Waals surface area contributed by atoms with E-state index in [9.17, 15) is 17.8 Å². The lowest BCUT2D eigenvalue weighted by Gasteiger charge is -2.58. The van der Waals surface area contributed by atoms with Gasteiger partial charge in [0, 0.05) is 11.8 Å². The lowest BCUT2D eigenvalue weighted by Crippen LogP contribution is -2.49. The summed E-state index contributed by atoms with van der Waals surface area (Å²) in [6.45, 7) is 0. The smallest absolute Gasteiger partial charge is 0.315 e. The Morgan fingerprint density at radius 3 is 1.66 bits per heavy atom. The van der Waals surface area contributed by atoms with Gasteiger partial charge in [0.15, 0.2) is 0 Å². The van der Waals surface area contributed by atoms with Crippen LogP contribution < -0.4 is 4.74 Å². The summed E-state index contributed by atoms with van der Waals surface area (Å²) >= 11 is 0. The van der Waals surface area contributed by atoms with Gasteiger partial charge in [-0.25, -0.2) is 0 Å². The number of ether oxygens (including phenoxy) is 1. The number of hydrogen-bond donors (Lipinski definition) is 1. The fraction of sp³-hybridized carbons (Fsp3) is 0.596. The number of fused-ring (bicyclic) bond motifs is 2. The maximum Gasteiger partial charge on any atom is 0.315 e. The highest BCUT2D eigenvalue weighted by atomic mass is 32.2. The average molecular weight is 729 g/mol. The average Bonchev–Trinajstić information content (AvgIpc) is 3.13. The van der Waals surface area contributed by atoms with Crippen molar-refractivity contribution < 1.29 is 22.5 Å². The maximum absolute atomic E-state index is 14.7. The molecule has 1 N–H and O–H groups in total. The standard InChI is InChI=1S/C47H52O5S/c48-45(52-42-9-10-43(53(49,50)51)36-4-2-1-3-35(36)42)41-19-39-34-7-5-33(47-23-29-14-30(24-47)16-31(15-29)25-47)18-40(34)44(41)37-8-6-32(17-38(37)39)46-20-26-11-27(21-46)13-28(12-26)22-46/h5-10,17-18,26-31,39,41,44H,1-4,11-16,19-25H2,(H,49,50,51). The van der Waals surface area contributed by atoms with E-state index < -0.39 is 10.1 Å². The van der Waals surface area contributed by atoms with E-state index in [1.807, 2.05) is 0 Å². The van der Waals surface area contributed by atoms with Crippen LogP contribution in [0.4, 0.5) is 0 Å². The first-order chi connectivity index (χ1) is 25.6. The minimum absolute atomic E-state index is 0.0430. The van der Waals surface area contributed by atoms with E-state index in [0.717, 1.165) is 60.3 Å². The van der Waals surface area contributed by atoms with Gasteiger partial charge in [0.05, 0.1) is 10.8 Å². The Balaban J connectivity index is 0.946. The van der Waals surface area contributed by atoms with E-state index in [4.69, 9.17) is 4.74 Å². The zero-order chi connectivity index (χ0) is 35.4. The first-order valence-electron chi connectivity index (χ1n) is 21.2. The van der Waals surface area contributed by atoms with Gasteiger partial charge in [-0.3, -0.25) is 9.35 Å². The fourth-order valence-corrected chi connectivity index (χ4v) is 16.7. The molecule has 10 bridgehead atoms. The van der Waals surface area contributed by atoms with Crippen molar-refractivity contribution >= 4 is 16.1 Å². The predicted molar refractivity (Wildman–Crippen MR) is 203 cm³/mol. The van der Waals surface area contributed by atoms with Crippen LogP contribution in [0.5, 0.6) is 5.75 Å². The highest BCUT2D eigenvalue weighted by Crippen LogP contribution is 2.64. The van der Waals surface area contributed by atoms with Crippen molar-refractivity contribution in [2.75, 3.05) is 0 Å². The minimum atomic E-state index is -4.36. The molecule has 0 saturated heterocycles. The Bertz CT molecular complexity index is 2130. The number of benzene rings is 3. The number of carbonyl (C=O) groups excluding carboxylic acids is 1. The van der Waals surface area contributed by atoms with E-state index >= 15 is 0 Å². The van der Waals surface area contributed by atoms with Crippen LogP contribution in [-0.2, 0) is 38.6 Å². The molecule has 0 aromatic heterocycles. The van der Waals surface area contributed by atoms with Crippen molar-refractivity contribution in [3.05, 3.63) is 93.0 Å². The van der Waals surface area contributed by atoms with Crippen molar-refractivity contribution in [2.24, 2.45) is 41.4 Å². The first-order valence-corrected chi connectivity index (χ1v) is 22.7. The van der Waals surface area contributed by atoms with Crippen LogP contribution in [-0.4, -0.2) is 18.9 Å². The zero-order valence-corrected chi connectivity index (χ0v) is 31.6. The Hall–Kier alpha value is -2.96. The van der Waals surface area contributed by atoms with Crippen molar-refractivity contribution in [3.63, 3.8) is 0 Å². The third-order valence-electron chi connectivity index (χ3n) is 17.0. The molecule has 3 aromatic rings. The predicted octanol–water partition coefficient (Wildman–Crippen LogP) is 9.95. The molecule has 0 amide bonds. The van der Waals surface area contributed by atoms with E-state index in [1.165, 1.54) is 111 Å². The lowest BCUT2D eigenvalue weighted by atomic mass is 9.47. The van der Waals surface area contributed by atoms with Crippen LogP contribution in [0.1, 0.15) is 153 Å². The number of carbonyl (C=O) groups is 1. The van der Waals surface area contributed by atoms with Crippen LogP contribution in [0.25, 0.3) is 0 Å². The molecule has 12 aliphatic rings. The van der Waals surface area contributed by atoms with Crippen LogP contribution >= 0.6 is 0 Å². The van der Waals surface area contributed by atoms with Crippen molar-refractivity contribution in [1.82, 2.24) is 0 Å². The quantitative estimate of drug-likeness (QED) is 0.161. The second-order valence-corrected chi connectivity index (χ2v) is 21.5. The fourth-order valence-electron chi connectivity index (χ4n) is 15.9. The molecule has 0 spiro atoms.